The molecule has 0 unspecified atom stereocenters. The number of carbonyl (C=O) groups excluding carboxylic acids is 1. The third-order valence-electron chi connectivity index (χ3n) is 8.59. The molecular weight excluding hydrogens is 460 g/mol. The molecule has 2 saturated carbocycles. The molecule has 7 heteroatoms. The van der Waals surface area contributed by atoms with Gasteiger partial charge in [-0.25, -0.2) is 0 Å². The Morgan fingerprint density at radius 2 is 1.47 bits per heavy atom. The maximum atomic E-state index is 13.9. The second-order valence-electron chi connectivity index (χ2n) is 11.9. The van der Waals surface area contributed by atoms with Crippen molar-refractivity contribution in [2.45, 2.75) is 109 Å². The molecule has 1 aliphatic heterocycles. The molecule has 1 saturated heterocycles. The van der Waals surface area contributed by atoms with E-state index in [4.69, 9.17) is 17.7 Å². The van der Waals surface area contributed by atoms with Gasteiger partial charge in [0.05, 0.1) is 6.61 Å². The van der Waals surface area contributed by atoms with Crippen LogP contribution in [0.25, 0.3) is 0 Å². The van der Waals surface area contributed by atoms with Gasteiger partial charge in [-0.05, 0) is 40.6 Å². The highest BCUT2D eigenvalue weighted by molar-refractivity contribution is 6.84. The van der Waals surface area contributed by atoms with Crippen LogP contribution in [0, 0.1) is 11.3 Å². The Bertz CT molecular complexity index is 849. The average Bonchev–Trinajstić information content (AvgIpc) is 3.51. The van der Waals surface area contributed by atoms with Crippen molar-refractivity contribution < 1.29 is 22.5 Å². The zero-order valence-corrected chi connectivity index (χ0v) is 24.3. The summed E-state index contributed by atoms with van der Waals surface area (Å²) in [7, 11) is -5.41. The lowest BCUT2D eigenvalue weighted by Crippen LogP contribution is -2.65. The molecule has 1 aromatic rings. The number of rotatable bonds is 7. The topological polar surface area (TPSA) is 54.0 Å². The van der Waals surface area contributed by atoms with E-state index in [0.29, 0.717) is 24.3 Å². The number of Topliss-reactive ketones (excluding diaryl/α,β-unsaturated/α-hetero) is 1. The molecule has 34 heavy (non-hydrogen) atoms. The van der Waals surface area contributed by atoms with Gasteiger partial charge in [0.25, 0.3) is 0 Å². The van der Waals surface area contributed by atoms with E-state index in [1.165, 1.54) is 0 Å². The average molecular weight is 505 g/mol. The van der Waals surface area contributed by atoms with Crippen molar-refractivity contribution in [3.63, 3.8) is 0 Å². The second-order valence-corrected chi connectivity index (χ2v) is 20.8. The van der Waals surface area contributed by atoms with Gasteiger partial charge in [0.2, 0.25) is 0 Å². The Morgan fingerprint density at radius 1 is 0.912 bits per heavy atom. The van der Waals surface area contributed by atoms with Crippen LogP contribution in [-0.4, -0.2) is 41.7 Å². The first-order valence-electron chi connectivity index (χ1n) is 13.2. The summed E-state index contributed by atoms with van der Waals surface area (Å²) < 4.78 is 27.7. The highest BCUT2D eigenvalue weighted by Crippen LogP contribution is 2.63. The van der Waals surface area contributed by atoms with E-state index >= 15 is 0 Å². The maximum absolute atomic E-state index is 13.9. The lowest BCUT2D eigenvalue weighted by molar-refractivity contribution is -0.136. The molecule has 3 aliphatic rings. The highest BCUT2D eigenvalue weighted by atomic mass is 28.5. The first-order chi connectivity index (χ1) is 16.0. The van der Waals surface area contributed by atoms with Crippen LogP contribution in [0.3, 0.4) is 0 Å². The minimum atomic E-state index is -2.80. The molecule has 190 valence electrons. The zero-order chi connectivity index (χ0) is 24.9. The van der Waals surface area contributed by atoms with Crippen LogP contribution in [0.1, 0.15) is 73.8 Å². The fraction of sp³-hybridized carbons (Fsp3) is 0.741. The number of carbonyl (C=O) groups is 1. The van der Waals surface area contributed by atoms with Crippen molar-refractivity contribution in [2.24, 2.45) is 11.3 Å². The summed E-state index contributed by atoms with van der Waals surface area (Å²) in [5.41, 5.74) is 1.97. The van der Waals surface area contributed by atoms with Gasteiger partial charge in [0, 0.05) is 17.9 Å². The first-order valence-corrected chi connectivity index (χ1v) is 17.2. The summed E-state index contributed by atoms with van der Waals surface area (Å²) in [5, 5.41) is 0. The van der Waals surface area contributed by atoms with E-state index in [1.54, 1.807) is 0 Å². The summed E-state index contributed by atoms with van der Waals surface area (Å²) in [4.78, 5) is 13.9. The van der Waals surface area contributed by atoms with Gasteiger partial charge in [0.1, 0.15) is 12.2 Å². The van der Waals surface area contributed by atoms with Gasteiger partial charge in [-0.2, -0.15) is 0 Å². The van der Waals surface area contributed by atoms with Crippen molar-refractivity contribution in [3.05, 3.63) is 35.9 Å². The lowest BCUT2D eigenvalue weighted by atomic mass is 9.91. The molecule has 0 radical (unpaired) electrons. The standard InChI is InChI=1S/C27H44O5Si2/c1-18(2)33(19(3)4)30-17-23-25(31-34(32-33,20(5)6)21(7)8)24(28)26(27(23)14-15-27)29-16-22-12-10-9-11-13-22/h9-13,18-21,23,25-26H,14-17H2,1-8H3/t23-,25-,26-/m1/s1. The van der Waals surface area contributed by atoms with Crippen molar-refractivity contribution >= 4 is 22.9 Å². The molecule has 0 aromatic heterocycles. The van der Waals surface area contributed by atoms with Crippen LogP contribution in [0.5, 0.6) is 0 Å². The Kier molecular flexibility index (Phi) is 7.38. The summed E-state index contributed by atoms with van der Waals surface area (Å²) in [5.74, 6) is 0.144. The molecule has 2 aliphatic carbocycles. The smallest absolute Gasteiger partial charge is 0.335 e. The molecule has 4 rings (SSSR count). The minimum Gasteiger partial charge on any atom is -0.414 e. The largest absolute Gasteiger partial charge is 0.414 e. The van der Waals surface area contributed by atoms with Gasteiger partial charge in [-0.1, -0.05) is 85.7 Å². The molecule has 0 amide bonds. The molecule has 0 bridgehead atoms. The number of benzene rings is 1. The lowest BCUT2D eigenvalue weighted by Gasteiger charge is -2.51. The van der Waals surface area contributed by atoms with E-state index in [0.717, 1.165) is 18.4 Å². The number of fused-ring (bicyclic) bond motifs is 2. The van der Waals surface area contributed by atoms with Gasteiger partial charge in [-0.3, -0.25) is 4.79 Å². The third-order valence-corrected chi connectivity index (χ3v) is 18.8. The monoisotopic (exact) mass is 504 g/mol. The molecule has 1 heterocycles. The number of hydrogen-bond donors (Lipinski definition) is 0. The van der Waals surface area contributed by atoms with Gasteiger partial charge >= 0.3 is 17.1 Å². The van der Waals surface area contributed by atoms with Crippen molar-refractivity contribution in [1.82, 2.24) is 0 Å². The fourth-order valence-corrected chi connectivity index (χ4v) is 17.6. The van der Waals surface area contributed by atoms with Crippen LogP contribution in [0.4, 0.5) is 0 Å². The molecule has 1 aromatic carbocycles. The zero-order valence-electron chi connectivity index (χ0n) is 22.3. The first kappa shape index (κ1) is 26.2. The van der Waals surface area contributed by atoms with Crippen molar-refractivity contribution in [1.29, 1.82) is 0 Å². The normalized spacial score (nSPS) is 29.6. The van der Waals surface area contributed by atoms with E-state index in [2.05, 4.69) is 67.5 Å². The van der Waals surface area contributed by atoms with E-state index in [9.17, 15) is 4.79 Å². The van der Waals surface area contributed by atoms with Crippen LogP contribution in [-0.2, 0) is 29.1 Å². The van der Waals surface area contributed by atoms with Crippen molar-refractivity contribution in [3.8, 4) is 0 Å². The number of ether oxygens (including phenoxy) is 1. The van der Waals surface area contributed by atoms with Crippen molar-refractivity contribution in [2.75, 3.05) is 6.61 Å². The van der Waals surface area contributed by atoms with Crippen LogP contribution in [0.15, 0.2) is 30.3 Å². The van der Waals surface area contributed by atoms with E-state index in [1.807, 2.05) is 18.2 Å². The quantitative estimate of drug-likeness (QED) is 0.396. The Labute approximate surface area is 208 Å². The molecule has 1 spiro atoms. The molecular formula is C27H44O5Si2. The van der Waals surface area contributed by atoms with E-state index < -0.39 is 29.3 Å². The number of hydrogen-bond acceptors (Lipinski definition) is 5. The molecule has 5 nitrogen and oxygen atoms in total. The molecule has 3 fully saturated rings. The van der Waals surface area contributed by atoms with Gasteiger partial charge in [0.15, 0.2) is 5.78 Å². The number of ketones is 1. The highest BCUT2D eigenvalue weighted by Gasteiger charge is 2.71. The Morgan fingerprint density at radius 3 is 1.97 bits per heavy atom. The molecule has 0 N–H and O–H groups in total. The molecule has 3 atom stereocenters. The summed E-state index contributed by atoms with van der Waals surface area (Å²) in [6.07, 6.45) is 1.08. The summed E-state index contributed by atoms with van der Waals surface area (Å²) in [6, 6.07) is 10.1. The third kappa shape index (κ3) is 4.20. The predicted molar refractivity (Wildman–Crippen MR) is 139 cm³/mol. The maximum Gasteiger partial charge on any atom is 0.335 e. The van der Waals surface area contributed by atoms with Gasteiger partial charge in [-0.15, -0.1) is 0 Å². The van der Waals surface area contributed by atoms with Crippen LogP contribution >= 0.6 is 0 Å². The second kappa shape index (κ2) is 9.56. The Balaban J connectivity index is 1.71. The summed E-state index contributed by atoms with van der Waals surface area (Å²) >= 11 is 0. The van der Waals surface area contributed by atoms with Crippen LogP contribution in [0.2, 0.25) is 22.2 Å². The van der Waals surface area contributed by atoms with Crippen LogP contribution < -0.4 is 0 Å². The Hall–Kier alpha value is -0.836. The summed E-state index contributed by atoms with van der Waals surface area (Å²) in [6.45, 7) is 18.8. The predicted octanol–water partition coefficient (Wildman–Crippen LogP) is 6.51. The SMILES string of the molecule is CC(C)[Si]1(C(C)C)OC[C@@H]2[C@@H](O[Si](C(C)C)(C(C)C)O1)C(=O)[C@@H](OCc1ccccc1)C21CC1. The fourth-order valence-electron chi connectivity index (χ4n) is 6.43. The van der Waals surface area contributed by atoms with Gasteiger partial charge < -0.3 is 17.7 Å². The van der Waals surface area contributed by atoms with E-state index in [-0.39, 0.29) is 28.2 Å². The minimum absolute atomic E-state index is 0.0402.